The molecule has 3 N–H and O–H groups in total. The van der Waals surface area contributed by atoms with E-state index in [1.807, 2.05) is 70.3 Å². The number of ether oxygens (including phenoxy) is 2. The van der Waals surface area contributed by atoms with E-state index in [0.717, 1.165) is 49.5 Å². The van der Waals surface area contributed by atoms with Crippen LogP contribution in [0.15, 0.2) is 73.1 Å². The fraction of sp³-hybridized carbons (Fsp3) is 0.333. The fourth-order valence-corrected chi connectivity index (χ4v) is 5.30. The molecule has 1 unspecified atom stereocenters. The second-order valence-electron chi connectivity index (χ2n) is 10.1. The molecule has 0 aliphatic carbocycles. The number of nitrogen functional groups attached to an aromatic ring is 1. The quantitative estimate of drug-likeness (QED) is 0.323. The molecule has 2 fully saturated rings. The highest BCUT2D eigenvalue weighted by atomic mass is 16.5. The van der Waals surface area contributed by atoms with Gasteiger partial charge in [-0.1, -0.05) is 24.3 Å². The molecule has 0 radical (unpaired) electrons. The van der Waals surface area contributed by atoms with Crippen molar-refractivity contribution in [2.75, 3.05) is 38.6 Å². The number of aromatic nitrogens is 4. The number of fused-ring (bicyclic) bond motifs is 1. The van der Waals surface area contributed by atoms with Gasteiger partial charge in [0.15, 0.2) is 5.65 Å². The van der Waals surface area contributed by atoms with Gasteiger partial charge in [-0.15, -0.1) is 0 Å². The van der Waals surface area contributed by atoms with Crippen LogP contribution in [0.3, 0.4) is 0 Å². The molecule has 0 saturated carbocycles. The van der Waals surface area contributed by atoms with Gasteiger partial charge in [0.25, 0.3) is 0 Å². The first kappa shape index (κ1) is 26.0. The molecule has 206 valence electrons. The van der Waals surface area contributed by atoms with Gasteiger partial charge in [0, 0.05) is 50.5 Å². The predicted molar refractivity (Wildman–Crippen MR) is 153 cm³/mol. The molecule has 2 aliphatic heterocycles. The van der Waals surface area contributed by atoms with E-state index >= 15 is 0 Å². The summed E-state index contributed by atoms with van der Waals surface area (Å²) in [6, 6.07) is 17.8. The number of rotatable bonds is 8. The van der Waals surface area contributed by atoms with Gasteiger partial charge in [0.2, 0.25) is 5.91 Å². The van der Waals surface area contributed by atoms with Crippen LogP contribution in [-0.2, 0) is 9.53 Å². The number of nitrogens with zero attached hydrogens (tertiary/aromatic N) is 5. The topological polar surface area (TPSA) is 120 Å². The molecule has 10 heteroatoms. The van der Waals surface area contributed by atoms with Crippen molar-refractivity contribution in [3.05, 3.63) is 73.1 Å². The lowest BCUT2D eigenvalue weighted by Gasteiger charge is -2.22. The van der Waals surface area contributed by atoms with Crippen LogP contribution in [0.2, 0.25) is 0 Å². The Kier molecular flexibility index (Phi) is 7.69. The summed E-state index contributed by atoms with van der Waals surface area (Å²) < 4.78 is 13.2. The third kappa shape index (κ3) is 5.68. The Morgan fingerprint density at radius 2 is 1.82 bits per heavy atom. The highest BCUT2D eigenvalue weighted by molar-refractivity contribution is 5.98. The van der Waals surface area contributed by atoms with Crippen molar-refractivity contribution in [3.63, 3.8) is 0 Å². The summed E-state index contributed by atoms with van der Waals surface area (Å²) in [6.45, 7) is 3.48. The highest BCUT2D eigenvalue weighted by Crippen LogP contribution is 2.35. The Bertz CT molecular complexity index is 1480. The maximum Gasteiger partial charge on any atom is 0.246 e. The Labute approximate surface area is 232 Å². The third-order valence-electron chi connectivity index (χ3n) is 7.45. The normalized spacial score (nSPS) is 18.1. The van der Waals surface area contributed by atoms with Crippen LogP contribution in [0, 0.1) is 0 Å². The zero-order valence-corrected chi connectivity index (χ0v) is 22.3. The van der Waals surface area contributed by atoms with Crippen molar-refractivity contribution in [1.29, 1.82) is 0 Å². The summed E-state index contributed by atoms with van der Waals surface area (Å²) in [5.74, 6) is 1.88. The number of hydrogen-bond acceptors (Lipinski definition) is 8. The van der Waals surface area contributed by atoms with Crippen LogP contribution in [0.4, 0.5) is 5.82 Å². The predicted octanol–water partition coefficient (Wildman–Crippen LogP) is 3.97. The molecule has 6 rings (SSSR count). The number of likely N-dealkylation sites (tertiary alicyclic amines) is 1. The molecule has 1 amide bonds. The summed E-state index contributed by atoms with van der Waals surface area (Å²) in [6.07, 6.45) is 7.84. The van der Waals surface area contributed by atoms with Crippen LogP contribution in [0.25, 0.3) is 22.3 Å². The molecule has 10 nitrogen and oxygen atoms in total. The lowest BCUT2D eigenvalue weighted by Crippen LogP contribution is -2.35. The Morgan fingerprint density at radius 1 is 1.05 bits per heavy atom. The lowest BCUT2D eigenvalue weighted by molar-refractivity contribution is -0.125. The second-order valence-corrected chi connectivity index (χ2v) is 10.1. The number of benzene rings is 2. The Hall–Kier alpha value is -4.28. The molecular weight excluding hydrogens is 506 g/mol. The van der Waals surface area contributed by atoms with E-state index in [0.29, 0.717) is 48.2 Å². The summed E-state index contributed by atoms with van der Waals surface area (Å²) in [5.41, 5.74) is 8.59. The maximum absolute atomic E-state index is 12.9. The number of amides is 1. The molecule has 2 aromatic carbocycles. The molecule has 2 saturated heterocycles. The largest absolute Gasteiger partial charge is 0.457 e. The van der Waals surface area contributed by atoms with Crippen molar-refractivity contribution in [2.24, 2.45) is 0 Å². The van der Waals surface area contributed by atoms with E-state index in [1.54, 1.807) is 6.08 Å². The summed E-state index contributed by atoms with van der Waals surface area (Å²) >= 11 is 0. The van der Waals surface area contributed by atoms with E-state index < -0.39 is 0 Å². The molecule has 4 heterocycles. The summed E-state index contributed by atoms with van der Waals surface area (Å²) in [7, 11) is 0. The Balaban J connectivity index is 1.16. The number of anilines is 1. The number of nitrogens with two attached hydrogens (primary N) is 1. The molecule has 4 aromatic rings. The minimum absolute atomic E-state index is 0.0102. The minimum Gasteiger partial charge on any atom is -0.457 e. The van der Waals surface area contributed by atoms with E-state index in [-0.39, 0.29) is 11.9 Å². The van der Waals surface area contributed by atoms with Gasteiger partial charge in [0.05, 0.1) is 11.4 Å². The number of nitrogens with one attached hydrogen (secondary N) is 1. The van der Waals surface area contributed by atoms with Gasteiger partial charge in [-0.3, -0.25) is 4.79 Å². The zero-order valence-electron chi connectivity index (χ0n) is 22.3. The lowest BCUT2D eigenvalue weighted by atomic mass is 10.1. The van der Waals surface area contributed by atoms with Crippen LogP contribution >= 0.6 is 0 Å². The van der Waals surface area contributed by atoms with Crippen molar-refractivity contribution < 1.29 is 14.3 Å². The molecule has 2 aliphatic rings. The number of para-hydroxylation sites is 1. The van der Waals surface area contributed by atoms with E-state index in [1.165, 1.54) is 6.33 Å². The average molecular weight is 540 g/mol. The van der Waals surface area contributed by atoms with Gasteiger partial charge in [-0.05, 0) is 55.7 Å². The molecule has 0 bridgehead atoms. The van der Waals surface area contributed by atoms with Gasteiger partial charge >= 0.3 is 0 Å². The van der Waals surface area contributed by atoms with Crippen molar-refractivity contribution in [1.82, 2.24) is 30.0 Å². The van der Waals surface area contributed by atoms with Crippen molar-refractivity contribution in [3.8, 4) is 22.8 Å². The summed E-state index contributed by atoms with van der Waals surface area (Å²) in [5, 5.41) is 9.14. The first-order valence-electron chi connectivity index (χ1n) is 13.7. The SMILES string of the molecule is Nc1ncnc2c1c(-c1ccc(Oc3ccccc3)cc1)nn2C1CCN(C(=O)C=CCNC2CCOCC2)C1. The van der Waals surface area contributed by atoms with E-state index in [9.17, 15) is 4.79 Å². The Morgan fingerprint density at radius 3 is 2.62 bits per heavy atom. The molecule has 40 heavy (non-hydrogen) atoms. The van der Waals surface area contributed by atoms with E-state index in [2.05, 4.69) is 15.3 Å². The zero-order chi connectivity index (χ0) is 27.3. The smallest absolute Gasteiger partial charge is 0.246 e. The first-order chi connectivity index (χ1) is 19.7. The molecule has 2 aromatic heterocycles. The second kappa shape index (κ2) is 11.8. The van der Waals surface area contributed by atoms with Crippen LogP contribution in [-0.4, -0.2) is 69.4 Å². The highest BCUT2D eigenvalue weighted by Gasteiger charge is 2.30. The third-order valence-corrected chi connectivity index (χ3v) is 7.45. The monoisotopic (exact) mass is 539 g/mol. The van der Waals surface area contributed by atoms with Gasteiger partial charge < -0.3 is 25.4 Å². The number of hydrogen-bond donors (Lipinski definition) is 2. The van der Waals surface area contributed by atoms with Gasteiger partial charge in [-0.2, -0.15) is 5.10 Å². The first-order valence-corrected chi connectivity index (χ1v) is 13.7. The fourth-order valence-electron chi connectivity index (χ4n) is 5.30. The average Bonchev–Trinajstić information content (AvgIpc) is 3.63. The number of carbonyl (C=O) groups is 1. The minimum atomic E-state index is -0.0102. The van der Waals surface area contributed by atoms with Crippen molar-refractivity contribution in [2.45, 2.75) is 31.3 Å². The van der Waals surface area contributed by atoms with Gasteiger partial charge in [-0.25, -0.2) is 14.6 Å². The maximum atomic E-state index is 12.9. The van der Waals surface area contributed by atoms with Gasteiger partial charge in [0.1, 0.15) is 29.3 Å². The van der Waals surface area contributed by atoms with Crippen molar-refractivity contribution >= 4 is 22.8 Å². The molecule has 0 spiro atoms. The summed E-state index contributed by atoms with van der Waals surface area (Å²) in [4.78, 5) is 23.5. The van der Waals surface area contributed by atoms with Crippen LogP contribution < -0.4 is 15.8 Å². The molecule has 1 atom stereocenters. The standard InChI is InChI=1S/C30H33N7O3/c31-29-27-28(21-8-10-25(11-9-21)40-24-5-2-1-3-6-24)35-37(30(27)34-20-33-29)23-12-16-36(19-23)26(38)7-4-15-32-22-13-17-39-18-14-22/h1-11,20,22-23,32H,12-19H2,(H2,31,33,34). The molecular formula is C30H33N7O3. The van der Waals surface area contributed by atoms with Crippen LogP contribution in [0.5, 0.6) is 11.5 Å². The van der Waals surface area contributed by atoms with E-state index in [4.69, 9.17) is 20.3 Å². The number of carbonyl (C=O) groups excluding carboxylic acids is 1. The van der Waals surface area contributed by atoms with Crippen LogP contribution in [0.1, 0.15) is 25.3 Å².